The molecule has 0 atom stereocenters. The molecule has 1 aliphatic carbocycles. The fourth-order valence-corrected chi connectivity index (χ4v) is 2.30. The minimum atomic E-state index is 0.430. The van der Waals surface area contributed by atoms with Crippen molar-refractivity contribution in [3.8, 4) is 11.1 Å². The molecule has 3 rings (SSSR count). The molecule has 2 aromatic rings. The highest BCUT2D eigenvalue weighted by Crippen LogP contribution is 2.47. The van der Waals surface area contributed by atoms with Crippen LogP contribution in [0.3, 0.4) is 0 Å². The Balaban J connectivity index is 1.89. The van der Waals surface area contributed by atoms with E-state index in [0.29, 0.717) is 5.41 Å². The van der Waals surface area contributed by atoms with E-state index in [1.807, 2.05) is 24.3 Å². The van der Waals surface area contributed by atoms with E-state index >= 15 is 0 Å². The largest absolute Gasteiger partial charge is 0.298 e. The smallest absolute Gasteiger partial charge is 0.150 e. The van der Waals surface area contributed by atoms with Crippen molar-refractivity contribution in [2.45, 2.75) is 25.2 Å². The van der Waals surface area contributed by atoms with Crippen molar-refractivity contribution in [1.82, 2.24) is 0 Å². The zero-order valence-electron chi connectivity index (χ0n) is 10.5. The second-order valence-electron chi connectivity index (χ2n) is 5.38. The highest BCUT2D eigenvalue weighted by Gasteiger charge is 2.38. The van der Waals surface area contributed by atoms with E-state index in [4.69, 9.17) is 0 Å². The van der Waals surface area contributed by atoms with Crippen molar-refractivity contribution in [1.29, 1.82) is 0 Å². The van der Waals surface area contributed by atoms with E-state index in [1.54, 1.807) is 0 Å². The first-order valence-corrected chi connectivity index (χ1v) is 6.37. The van der Waals surface area contributed by atoms with Crippen LogP contribution in [0.2, 0.25) is 0 Å². The summed E-state index contributed by atoms with van der Waals surface area (Å²) in [6.07, 6.45) is 3.49. The van der Waals surface area contributed by atoms with Gasteiger partial charge in [0.2, 0.25) is 0 Å². The van der Waals surface area contributed by atoms with Crippen molar-refractivity contribution in [2.75, 3.05) is 0 Å². The average molecular weight is 236 g/mol. The Kier molecular flexibility index (Phi) is 2.55. The molecule has 1 aliphatic rings. The molecule has 18 heavy (non-hydrogen) atoms. The molecular weight excluding hydrogens is 220 g/mol. The van der Waals surface area contributed by atoms with E-state index in [1.165, 1.54) is 24.0 Å². The first-order valence-electron chi connectivity index (χ1n) is 6.37. The van der Waals surface area contributed by atoms with Gasteiger partial charge in [0.1, 0.15) is 6.29 Å². The fraction of sp³-hybridized carbons (Fsp3) is 0.235. The van der Waals surface area contributed by atoms with Crippen LogP contribution in [0.4, 0.5) is 0 Å². The van der Waals surface area contributed by atoms with Gasteiger partial charge in [0, 0.05) is 5.56 Å². The molecule has 1 fully saturated rings. The number of carbonyl (C=O) groups is 1. The van der Waals surface area contributed by atoms with Gasteiger partial charge >= 0.3 is 0 Å². The monoisotopic (exact) mass is 236 g/mol. The lowest BCUT2D eigenvalue weighted by molar-refractivity contribution is 0.112. The quantitative estimate of drug-likeness (QED) is 0.729. The molecule has 0 saturated heterocycles. The van der Waals surface area contributed by atoms with Crippen molar-refractivity contribution in [3.05, 3.63) is 59.7 Å². The Hall–Kier alpha value is -1.89. The molecule has 2 aromatic carbocycles. The van der Waals surface area contributed by atoms with Crippen molar-refractivity contribution in [3.63, 3.8) is 0 Å². The third kappa shape index (κ3) is 1.97. The molecule has 1 saturated carbocycles. The lowest BCUT2D eigenvalue weighted by atomic mass is 9.95. The molecule has 0 amide bonds. The number of carbonyl (C=O) groups excluding carboxylic acids is 1. The summed E-state index contributed by atoms with van der Waals surface area (Å²) in [6.45, 7) is 2.32. The maximum absolute atomic E-state index is 10.6. The number of benzene rings is 2. The maximum atomic E-state index is 10.6. The summed E-state index contributed by atoms with van der Waals surface area (Å²) >= 11 is 0. The van der Waals surface area contributed by atoms with Gasteiger partial charge in [-0.25, -0.2) is 0 Å². The Morgan fingerprint density at radius 3 is 1.83 bits per heavy atom. The van der Waals surface area contributed by atoms with Crippen LogP contribution in [0.25, 0.3) is 11.1 Å². The Morgan fingerprint density at radius 1 is 0.889 bits per heavy atom. The van der Waals surface area contributed by atoms with E-state index in [2.05, 4.69) is 31.2 Å². The number of rotatable bonds is 3. The summed E-state index contributed by atoms with van der Waals surface area (Å²) in [5.74, 6) is 0. The van der Waals surface area contributed by atoms with Crippen molar-refractivity contribution >= 4 is 6.29 Å². The number of aldehydes is 1. The Labute approximate surface area is 107 Å². The van der Waals surface area contributed by atoms with Crippen LogP contribution >= 0.6 is 0 Å². The van der Waals surface area contributed by atoms with Gasteiger partial charge in [-0.1, -0.05) is 55.5 Å². The molecule has 90 valence electrons. The molecule has 0 spiro atoms. The van der Waals surface area contributed by atoms with Gasteiger partial charge < -0.3 is 0 Å². The summed E-state index contributed by atoms with van der Waals surface area (Å²) < 4.78 is 0. The molecular formula is C17H16O. The lowest BCUT2D eigenvalue weighted by Crippen LogP contribution is -1.98. The molecule has 1 heteroatoms. The summed E-state index contributed by atoms with van der Waals surface area (Å²) in [6, 6.07) is 16.5. The Morgan fingerprint density at radius 2 is 1.39 bits per heavy atom. The van der Waals surface area contributed by atoms with Gasteiger partial charge in [0.15, 0.2) is 0 Å². The molecule has 0 heterocycles. The molecule has 0 aromatic heterocycles. The number of hydrogen-bond donors (Lipinski definition) is 0. The van der Waals surface area contributed by atoms with Crippen LogP contribution in [-0.4, -0.2) is 6.29 Å². The summed E-state index contributed by atoms with van der Waals surface area (Å²) in [5, 5.41) is 0. The van der Waals surface area contributed by atoms with Gasteiger partial charge in [-0.15, -0.1) is 0 Å². The van der Waals surface area contributed by atoms with E-state index in [9.17, 15) is 4.79 Å². The van der Waals surface area contributed by atoms with E-state index < -0.39 is 0 Å². The average Bonchev–Trinajstić information content (AvgIpc) is 3.18. The van der Waals surface area contributed by atoms with Crippen LogP contribution in [0.1, 0.15) is 35.7 Å². The topological polar surface area (TPSA) is 17.1 Å². The normalized spacial score (nSPS) is 16.3. The SMILES string of the molecule is CC1(c2ccc(-c3ccc(C=O)cc3)cc2)CC1. The van der Waals surface area contributed by atoms with Crippen LogP contribution in [0, 0.1) is 0 Å². The highest BCUT2D eigenvalue weighted by molar-refractivity contribution is 5.76. The van der Waals surface area contributed by atoms with E-state index in [-0.39, 0.29) is 0 Å². The maximum Gasteiger partial charge on any atom is 0.150 e. The first-order chi connectivity index (χ1) is 8.71. The predicted octanol–water partition coefficient (Wildman–Crippen LogP) is 4.22. The van der Waals surface area contributed by atoms with Crippen LogP contribution in [0.5, 0.6) is 0 Å². The second-order valence-corrected chi connectivity index (χ2v) is 5.38. The minimum absolute atomic E-state index is 0.430. The van der Waals surface area contributed by atoms with Gasteiger partial charge in [-0.05, 0) is 34.9 Å². The number of hydrogen-bond acceptors (Lipinski definition) is 1. The fourth-order valence-electron chi connectivity index (χ4n) is 2.30. The molecule has 0 bridgehead atoms. The lowest BCUT2D eigenvalue weighted by Gasteiger charge is -2.09. The van der Waals surface area contributed by atoms with Crippen molar-refractivity contribution in [2.24, 2.45) is 0 Å². The molecule has 1 nitrogen and oxygen atoms in total. The summed E-state index contributed by atoms with van der Waals surface area (Å²) in [5.41, 5.74) is 4.96. The molecule has 0 unspecified atom stereocenters. The second kappa shape index (κ2) is 4.09. The third-order valence-electron chi connectivity index (χ3n) is 3.96. The van der Waals surface area contributed by atoms with Gasteiger partial charge in [-0.3, -0.25) is 4.79 Å². The molecule has 0 aliphatic heterocycles. The van der Waals surface area contributed by atoms with Crippen LogP contribution in [-0.2, 0) is 5.41 Å². The standard InChI is InChI=1S/C17H16O/c1-17(10-11-17)16-8-6-15(7-9-16)14-4-2-13(12-18)3-5-14/h2-9,12H,10-11H2,1H3. The summed E-state index contributed by atoms with van der Waals surface area (Å²) in [7, 11) is 0. The predicted molar refractivity (Wildman–Crippen MR) is 73.9 cm³/mol. The minimum Gasteiger partial charge on any atom is -0.298 e. The molecule has 0 radical (unpaired) electrons. The third-order valence-corrected chi connectivity index (χ3v) is 3.96. The zero-order chi connectivity index (χ0) is 12.6. The highest BCUT2D eigenvalue weighted by atomic mass is 16.1. The van der Waals surface area contributed by atoms with Gasteiger partial charge in [-0.2, -0.15) is 0 Å². The van der Waals surface area contributed by atoms with Crippen molar-refractivity contribution < 1.29 is 4.79 Å². The Bertz CT molecular complexity index is 560. The van der Waals surface area contributed by atoms with Crippen LogP contribution in [0.15, 0.2) is 48.5 Å². The van der Waals surface area contributed by atoms with E-state index in [0.717, 1.165) is 17.4 Å². The molecule has 0 N–H and O–H groups in total. The van der Waals surface area contributed by atoms with Gasteiger partial charge in [0.05, 0.1) is 0 Å². The summed E-state index contributed by atoms with van der Waals surface area (Å²) in [4.78, 5) is 10.6. The zero-order valence-corrected chi connectivity index (χ0v) is 10.5. The van der Waals surface area contributed by atoms with Crippen LogP contribution < -0.4 is 0 Å². The first kappa shape index (κ1) is 11.2. The van der Waals surface area contributed by atoms with Gasteiger partial charge in [0.25, 0.3) is 0 Å².